The lowest BCUT2D eigenvalue weighted by atomic mass is 10.7. The molecule has 0 aliphatic rings. The molecule has 0 bridgehead atoms. The monoisotopic (exact) mass is 160 g/mol. The summed E-state index contributed by atoms with van der Waals surface area (Å²) in [4.78, 5) is 9.92. The van der Waals surface area contributed by atoms with Crippen molar-refractivity contribution in [3.63, 3.8) is 0 Å². The van der Waals surface area contributed by atoms with Gasteiger partial charge in [-0.25, -0.2) is 4.79 Å². The van der Waals surface area contributed by atoms with Crippen molar-refractivity contribution >= 4 is 17.5 Å². The third kappa shape index (κ3) is 1.98. The molecule has 5 nitrogen and oxygen atoms in total. The molecule has 0 amide bonds. The Bertz CT molecular complexity index is 210. The van der Waals surface area contributed by atoms with Gasteiger partial charge in [-0.3, -0.25) is 0 Å². The minimum atomic E-state index is -1.02. The van der Waals surface area contributed by atoms with Gasteiger partial charge in [0.1, 0.15) is 0 Å². The van der Waals surface area contributed by atoms with E-state index in [4.69, 9.17) is 5.11 Å². The summed E-state index contributed by atoms with van der Waals surface area (Å²) in [6.07, 6.45) is 0. The van der Waals surface area contributed by atoms with E-state index in [-0.39, 0.29) is 12.5 Å². The van der Waals surface area contributed by atoms with Gasteiger partial charge in [0.05, 0.1) is 5.38 Å². The van der Waals surface area contributed by atoms with Gasteiger partial charge in [0.25, 0.3) is 0 Å². The lowest BCUT2D eigenvalue weighted by molar-refractivity contribution is -0.139. The van der Waals surface area contributed by atoms with Crippen molar-refractivity contribution in [3.05, 3.63) is 5.38 Å². The SMILES string of the molecule is O=C(O)COc1csnn1. The fourth-order valence-corrected chi connectivity index (χ4v) is 0.735. The standard InChI is InChI=1S/C4H4N2O3S/c7-4(8)1-9-3-2-10-6-5-3/h2H,1H2,(H,7,8). The number of carboxylic acids is 1. The fraction of sp³-hybridized carbons (Fsp3) is 0.250. The summed E-state index contributed by atoms with van der Waals surface area (Å²) >= 11 is 1.11. The largest absolute Gasteiger partial charge is 0.479 e. The molecule has 0 aromatic carbocycles. The zero-order valence-electron chi connectivity index (χ0n) is 4.85. The molecule has 0 unspecified atom stereocenters. The van der Waals surface area contributed by atoms with Gasteiger partial charge in [-0.05, 0) is 11.5 Å². The Kier molecular flexibility index (Phi) is 2.16. The minimum absolute atomic E-state index is 0.257. The maximum absolute atomic E-state index is 9.92. The van der Waals surface area contributed by atoms with Gasteiger partial charge in [0.2, 0.25) is 5.88 Å². The second kappa shape index (κ2) is 3.11. The van der Waals surface area contributed by atoms with Gasteiger partial charge >= 0.3 is 5.97 Å². The van der Waals surface area contributed by atoms with Crippen molar-refractivity contribution in [2.45, 2.75) is 0 Å². The van der Waals surface area contributed by atoms with Crippen molar-refractivity contribution < 1.29 is 14.6 Å². The average Bonchev–Trinajstić information content (AvgIpc) is 2.34. The van der Waals surface area contributed by atoms with E-state index in [0.717, 1.165) is 11.5 Å². The van der Waals surface area contributed by atoms with E-state index >= 15 is 0 Å². The molecule has 0 atom stereocenters. The first-order chi connectivity index (χ1) is 4.79. The highest BCUT2D eigenvalue weighted by atomic mass is 32.1. The molecule has 1 rings (SSSR count). The number of hydrogen-bond acceptors (Lipinski definition) is 5. The Hall–Kier alpha value is -1.17. The first kappa shape index (κ1) is 6.94. The quantitative estimate of drug-likeness (QED) is 0.673. The molecule has 1 N–H and O–H groups in total. The first-order valence-electron chi connectivity index (χ1n) is 2.40. The summed E-state index contributed by atoms with van der Waals surface area (Å²) in [6, 6.07) is 0. The number of aliphatic carboxylic acids is 1. The highest BCUT2D eigenvalue weighted by Crippen LogP contribution is 2.05. The topological polar surface area (TPSA) is 72.3 Å². The van der Waals surface area contributed by atoms with Crippen LogP contribution < -0.4 is 4.74 Å². The highest BCUT2D eigenvalue weighted by Gasteiger charge is 1.99. The maximum Gasteiger partial charge on any atom is 0.341 e. The van der Waals surface area contributed by atoms with Crippen LogP contribution in [0.1, 0.15) is 0 Å². The Morgan fingerprint density at radius 2 is 2.70 bits per heavy atom. The number of carboxylic acid groups (broad SMARTS) is 1. The van der Waals surface area contributed by atoms with Crippen molar-refractivity contribution in [3.8, 4) is 5.88 Å². The zero-order valence-corrected chi connectivity index (χ0v) is 5.67. The summed E-state index contributed by atoms with van der Waals surface area (Å²) in [5.74, 6) is -0.764. The normalized spacial score (nSPS) is 9.20. The van der Waals surface area contributed by atoms with Crippen LogP contribution in [0.4, 0.5) is 0 Å². The zero-order chi connectivity index (χ0) is 7.40. The van der Waals surface area contributed by atoms with Crippen LogP contribution in [0.15, 0.2) is 5.38 Å². The minimum Gasteiger partial charge on any atom is -0.479 e. The Balaban J connectivity index is 2.35. The Morgan fingerprint density at radius 1 is 1.90 bits per heavy atom. The Morgan fingerprint density at radius 3 is 3.20 bits per heavy atom. The second-order valence-corrected chi connectivity index (χ2v) is 2.04. The summed E-state index contributed by atoms with van der Waals surface area (Å²) in [6.45, 7) is -0.370. The average molecular weight is 160 g/mol. The van der Waals surface area contributed by atoms with E-state index in [2.05, 4.69) is 14.3 Å². The number of carbonyl (C=O) groups is 1. The molecule has 6 heteroatoms. The van der Waals surface area contributed by atoms with Gasteiger partial charge < -0.3 is 9.84 Å². The molecule has 0 spiro atoms. The predicted molar refractivity (Wildman–Crippen MR) is 33.0 cm³/mol. The van der Waals surface area contributed by atoms with Crippen LogP contribution in [-0.4, -0.2) is 27.3 Å². The molecule has 1 aromatic heterocycles. The van der Waals surface area contributed by atoms with E-state index in [1.54, 1.807) is 0 Å². The van der Waals surface area contributed by atoms with E-state index in [1.807, 2.05) is 0 Å². The smallest absolute Gasteiger partial charge is 0.341 e. The lowest BCUT2D eigenvalue weighted by Gasteiger charge is -1.93. The van der Waals surface area contributed by atoms with Crippen LogP contribution >= 0.6 is 11.5 Å². The van der Waals surface area contributed by atoms with Crippen molar-refractivity contribution in [2.75, 3.05) is 6.61 Å². The van der Waals surface area contributed by atoms with E-state index in [9.17, 15) is 4.79 Å². The Labute approximate surface area is 60.4 Å². The van der Waals surface area contributed by atoms with Crippen molar-refractivity contribution in [2.24, 2.45) is 0 Å². The van der Waals surface area contributed by atoms with Gasteiger partial charge in [-0.1, -0.05) is 9.59 Å². The van der Waals surface area contributed by atoms with Gasteiger partial charge in [-0.2, -0.15) is 0 Å². The number of aromatic nitrogens is 2. The second-order valence-electron chi connectivity index (χ2n) is 1.43. The molecule has 0 saturated heterocycles. The molecule has 54 valence electrons. The molecule has 0 aliphatic carbocycles. The molecule has 0 saturated carbocycles. The molecule has 0 aliphatic heterocycles. The number of hydrogen-bond donors (Lipinski definition) is 1. The van der Waals surface area contributed by atoms with Crippen LogP contribution in [0.3, 0.4) is 0 Å². The van der Waals surface area contributed by atoms with Crippen LogP contribution in [0, 0.1) is 0 Å². The van der Waals surface area contributed by atoms with E-state index in [1.165, 1.54) is 5.38 Å². The number of nitrogens with zero attached hydrogens (tertiary/aromatic N) is 2. The summed E-state index contributed by atoms with van der Waals surface area (Å²) in [7, 11) is 0. The molecular formula is C4H4N2O3S. The summed E-state index contributed by atoms with van der Waals surface area (Å²) < 4.78 is 8.12. The number of ether oxygens (including phenoxy) is 1. The van der Waals surface area contributed by atoms with Crippen molar-refractivity contribution in [1.82, 2.24) is 9.59 Å². The molecule has 0 radical (unpaired) electrons. The number of rotatable bonds is 3. The third-order valence-corrected chi connectivity index (χ3v) is 1.17. The van der Waals surface area contributed by atoms with E-state index in [0.29, 0.717) is 0 Å². The molecule has 0 fully saturated rings. The van der Waals surface area contributed by atoms with E-state index < -0.39 is 5.97 Å². The first-order valence-corrected chi connectivity index (χ1v) is 3.24. The molecular weight excluding hydrogens is 156 g/mol. The van der Waals surface area contributed by atoms with Gasteiger partial charge in [0.15, 0.2) is 6.61 Å². The lowest BCUT2D eigenvalue weighted by Crippen LogP contribution is -2.09. The summed E-state index contributed by atoms with van der Waals surface area (Å²) in [5, 5.41) is 13.1. The van der Waals surface area contributed by atoms with Gasteiger partial charge in [-0.15, -0.1) is 0 Å². The van der Waals surface area contributed by atoms with Crippen LogP contribution in [0.2, 0.25) is 0 Å². The predicted octanol–water partition coefficient (Wildman–Crippen LogP) is 0.00150. The highest BCUT2D eigenvalue weighted by molar-refractivity contribution is 7.03. The molecule has 1 aromatic rings. The van der Waals surface area contributed by atoms with Gasteiger partial charge in [0, 0.05) is 0 Å². The molecule has 1 heterocycles. The molecule has 10 heavy (non-hydrogen) atoms. The van der Waals surface area contributed by atoms with Crippen LogP contribution in [0.25, 0.3) is 0 Å². The maximum atomic E-state index is 9.92. The van der Waals surface area contributed by atoms with Crippen LogP contribution in [-0.2, 0) is 4.79 Å². The summed E-state index contributed by atoms with van der Waals surface area (Å²) in [5.41, 5.74) is 0. The third-order valence-electron chi connectivity index (χ3n) is 0.684. The van der Waals surface area contributed by atoms with Crippen LogP contribution in [0.5, 0.6) is 5.88 Å². The van der Waals surface area contributed by atoms with Crippen molar-refractivity contribution in [1.29, 1.82) is 0 Å². The fourth-order valence-electron chi connectivity index (χ4n) is 0.355.